The minimum Gasteiger partial charge on any atom is -0.368 e. The largest absolute Gasteiger partial charge is 0.368 e. The fourth-order valence-electron chi connectivity index (χ4n) is 1.03. The van der Waals surface area contributed by atoms with Gasteiger partial charge in [-0.25, -0.2) is 0 Å². The van der Waals surface area contributed by atoms with E-state index < -0.39 is 6.23 Å². The Bertz CT molecular complexity index is 196. The lowest BCUT2D eigenvalue weighted by molar-refractivity contribution is 0.0530. The van der Waals surface area contributed by atoms with Gasteiger partial charge in [0.1, 0.15) is 0 Å². The molecule has 0 aromatic heterocycles. The molecule has 56 valence electrons. The molecule has 0 saturated heterocycles. The molecule has 1 aliphatic heterocycles. The molecule has 1 N–H and O–H groups in total. The van der Waals surface area contributed by atoms with Crippen molar-refractivity contribution >= 4 is 5.71 Å². The molecule has 10 heavy (non-hydrogen) atoms. The Balaban J connectivity index is 2.85. The summed E-state index contributed by atoms with van der Waals surface area (Å²) in [6.07, 6.45) is 1.34. The van der Waals surface area contributed by atoms with Crippen LogP contribution >= 0.6 is 0 Å². The Morgan fingerprint density at radius 3 is 2.70 bits per heavy atom. The average molecular weight is 140 g/mol. The van der Waals surface area contributed by atoms with Crippen LogP contribution in [0.3, 0.4) is 0 Å². The van der Waals surface area contributed by atoms with Gasteiger partial charge in [0.05, 0.1) is 5.71 Å². The van der Waals surface area contributed by atoms with Crippen LogP contribution in [-0.4, -0.2) is 29.1 Å². The standard InChI is InChI=1S/C7H12N2O/c1-5-4-6(2)8-9(3)7(5)10/h4,7,10H,1-3H3. The first-order valence-electron chi connectivity index (χ1n) is 3.25. The van der Waals surface area contributed by atoms with Gasteiger partial charge in [0.15, 0.2) is 6.23 Å². The maximum atomic E-state index is 9.31. The maximum absolute atomic E-state index is 9.31. The summed E-state index contributed by atoms with van der Waals surface area (Å²) in [7, 11) is 1.75. The number of aliphatic hydroxyl groups is 1. The van der Waals surface area contributed by atoms with Crippen molar-refractivity contribution in [1.82, 2.24) is 5.01 Å². The average Bonchev–Trinajstić information content (AvgIpc) is 1.82. The van der Waals surface area contributed by atoms with Gasteiger partial charge in [-0.1, -0.05) is 0 Å². The van der Waals surface area contributed by atoms with E-state index in [-0.39, 0.29) is 0 Å². The molecule has 1 aliphatic rings. The SMILES string of the molecule is CC1=CC(C)=NN(C)C1O. The van der Waals surface area contributed by atoms with Gasteiger partial charge in [0, 0.05) is 7.05 Å². The van der Waals surface area contributed by atoms with Crippen LogP contribution in [0.2, 0.25) is 0 Å². The zero-order chi connectivity index (χ0) is 7.72. The van der Waals surface area contributed by atoms with Crippen molar-refractivity contribution in [3.63, 3.8) is 0 Å². The van der Waals surface area contributed by atoms with Gasteiger partial charge in [0.25, 0.3) is 0 Å². The van der Waals surface area contributed by atoms with Crippen molar-refractivity contribution in [3.05, 3.63) is 11.6 Å². The Morgan fingerprint density at radius 2 is 2.20 bits per heavy atom. The molecule has 0 bridgehead atoms. The van der Waals surface area contributed by atoms with Gasteiger partial charge >= 0.3 is 0 Å². The number of hydrogen-bond acceptors (Lipinski definition) is 3. The third-order valence-electron chi connectivity index (χ3n) is 1.51. The minimum atomic E-state index is -0.538. The van der Waals surface area contributed by atoms with E-state index in [4.69, 9.17) is 0 Å². The second-order valence-electron chi connectivity index (χ2n) is 2.58. The Labute approximate surface area is 60.7 Å². The highest BCUT2D eigenvalue weighted by atomic mass is 16.3. The number of nitrogens with zero attached hydrogens (tertiary/aromatic N) is 2. The molecule has 0 saturated carbocycles. The summed E-state index contributed by atoms with van der Waals surface area (Å²) in [5.41, 5.74) is 1.88. The van der Waals surface area contributed by atoms with Crippen molar-refractivity contribution in [3.8, 4) is 0 Å². The van der Waals surface area contributed by atoms with E-state index in [1.165, 1.54) is 0 Å². The molecular formula is C7H12N2O. The van der Waals surface area contributed by atoms with Gasteiger partial charge in [-0.3, -0.25) is 5.01 Å². The molecule has 3 nitrogen and oxygen atoms in total. The molecule has 0 aliphatic carbocycles. The van der Waals surface area contributed by atoms with Crippen LogP contribution in [0.4, 0.5) is 0 Å². The molecule has 0 amide bonds. The Hall–Kier alpha value is -0.830. The van der Waals surface area contributed by atoms with E-state index in [2.05, 4.69) is 5.10 Å². The lowest BCUT2D eigenvalue weighted by Crippen LogP contribution is -2.31. The second kappa shape index (κ2) is 2.42. The quantitative estimate of drug-likeness (QED) is 0.534. The lowest BCUT2D eigenvalue weighted by Gasteiger charge is -2.25. The van der Waals surface area contributed by atoms with E-state index in [1.807, 2.05) is 19.9 Å². The molecule has 0 fully saturated rings. The smallest absolute Gasteiger partial charge is 0.164 e. The molecule has 3 heteroatoms. The highest BCUT2D eigenvalue weighted by Crippen LogP contribution is 2.11. The second-order valence-corrected chi connectivity index (χ2v) is 2.58. The fourth-order valence-corrected chi connectivity index (χ4v) is 1.03. The van der Waals surface area contributed by atoms with Gasteiger partial charge in [-0.05, 0) is 25.5 Å². The minimum absolute atomic E-state index is 0.538. The molecule has 0 radical (unpaired) electrons. The highest BCUT2D eigenvalue weighted by molar-refractivity contribution is 5.93. The van der Waals surface area contributed by atoms with Crippen LogP contribution in [0, 0.1) is 0 Å². The van der Waals surface area contributed by atoms with Crippen LogP contribution in [-0.2, 0) is 0 Å². The Morgan fingerprint density at radius 1 is 1.60 bits per heavy atom. The Kier molecular flexibility index (Phi) is 1.76. The zero-order valence-electron chi connectivity index (χ0n) is 6.50. The highest BCUT2D eigenvalue weighted by Gasteiger charge is 2.14. The van der Waals surface area contributed by atoms with Crippen LogP contribution in [0.1, 0.15) is 13.8 Å². The first-order chi connectivity index (χ1) is 4.61. The topological polar surface area (TPSA) is 35.8 Å². The maximum Gasteiger partial charge on any atom is 0.164 e. The number of hydrazone groups is 1. The van der Waals surface area contributed by atoms with E-state index in [0.717, 1.165) is 11.3 Å². The van der Waals surface area contributed by atoms with Crippen molar-refractivity contribution < 1.29 is 5.11 Å². The first-order valence-corrected chi connectivity index (χ1v) is 3.25. The zero-order valence-corrected chi connectivity index (χ0v) is 6.50. The summed E-state index contributed by atoms with van der Waals surface area (Å²) in [5, 5.41) is 14.9. The predicted octanol–water partition coefficient (Wildman–Crippen LogP) is 0.572. The van der Waals surface area contributed by atoms with E-state index in [9.17, 15) is 5.11 Å². The van der Waals surface area contributed by atoms with E-state index in [1.54, 1.807) is 12.1 Å². The van der Waals surface area contributed by atoms with Gasteiger partial charge in [-0.15, -0.1) is 0 Å². The van der Waals surface area contributed by atoms with Crippen molar-refractivity contribution in [2.75, 3.05) is 7.05 Å². The lowest BCUT2D eigenvalue weighted by atomic mass is 10.2. The number of hydrogen-bond donors (Lipinski definition) is 1. The van der Waals surface area contributed by atoms with E-state index >= 15 is 0 Å². The summed E-state index contributed by atoms with van der Waals surface area (Å²) in [6, 6.07) is 0. The van der Waals surface area contributed by atoms with Crippen LogP contribution < -0.4 is 0 Å². The van der Waals surface area contributed by atoms with Crippen LogP contribution in [0.25, 0.3) is 0 Å². The fraction of sp³-hybridized carbons (Fsp3) is 0.571. The van der Waals surface area contributed by atoms with Crippen molar-refractivity contribution in [2.24, 2.45) is 5.10 Å². The number of likely N-dealkylation sites (N-methyl/N-ethyl adjacent to an activating group) is 1. The molecule has 1 rings (SSSR count). The molecule has 0 spiro atoms. The van der Waals surface area contributed by atoms with Gasteiger partial charge < -0.3 is 5.11 Å². The predicted molar refractivity (Wildman–Crippen MR) is 40.6 cm³/mol. The molecule has 1 atom stereocenters. The molecule has 0 aromatic carbocycles. The number of aliphatic hydroxyl groups excluding tert-OH is 1. The first kappa shape index (κ1) is 7.28. The normalized spacial score (nSPS) is 26.0. The van der Waals surface area contributed by atoms with Crippen molar-refractivity contribution in [2.45, 2.75) is 20.1 Å². The molecule has 1 unspecified atom stereocenters. The summed E-state index contributed by atoms with van der Waals surface area (Å²) >= 11 is 0. The summed E-state index contributed by atoms with van der Waals surface area (Å²) in [5.74, 6) is 0. The summed E-state index contributed by atoms with van der Waals surface area (Å²) in [4.78, 5) is 0. The monoisotopic (exact) mass is 140 g/mol. The van der Waals surface area contributed by atoms with Crippen LogP contribution in [0.15, 0.2) is 16.8 Å². The number of rotatable bonds is 0. The number of allylic oxidation sites excluding steroid dienone is 1. The summed E-state index contributed by atoms with van der Waals surface area (Å²) < 4.78 is 0. The van der Waals surface area contributed by atoms with Crippen LogP contribution in [0.5, 0.6) is 0 Å². The molecular weight excluding hydrogens is 128 g/mol. The third-order valence-corrected chi connectivity index (χ3v) is 1.51. The summed E-state index contributed by atoms with van der Waals surface area (Å²) in [6.45, 7) is 3.80. The van der Waals surface area contributed by atoms with Gasteiger partial charge in [0.2, 0.25) is 0 Å². The van der Waals surface area contributed by atoms with Crippen molar-refractivity contribution in [1.29, 1.82) is 0 Å². The molecule has 0 aromatic rings. The van der Waals surface area contributed by atoms with Gasteiger partial charge in [-0.2, -0.15) is 5.10 Å². The third kappa shape index (κ3) is 1.19. The van der Waals surface area contributed by atoms with E-state index in [0.29, 0.717) is 0 Å². The molecule has 1 heterocycles.